The molecular weight excluding hydrogens is 312 g/mol. The Morgan fingerprint density at radius 2 is 1.86 bits per heavy atom. The van der Waals surface area contributed by atoms with E-state index in [4.69, 9.17) is 9.84 Å². The number of sulfonamides is 1. The zero-order chi connectivity index (χ0) is 16.8. The number of nitrogens with one attached hydrogen (secondary N) is 2. The topological polar surface area (TPSA) is 122 Å². The van der Waals surface area contributed by atoms with Crippen LogP contribution in [0.1, 0.15) is 16.8 Å². The molecule has 1 unspecified atom stereocenters. The number of methoxy groups -OCH3 is 1. The third-order valence-corrected chi connectivity index (χ3v) is 4.34. The van der Waals surface area contributed by atoms with Crippen molar-refractivity contribution in [3.05, 3.63) is 29.8 Å². The van der Waals surface area contributed by atoms with Gasteiger partial charge in [0.05, 0.1) is 4.90 Å². The smallest absolute Gasteiger partial charge is 0.326 e. The summed E-state index contributed by atoms with van der Waals surface area (Å²) in [5, 5.41) is 11.4. The van der Waals surface area contributed by atoms with Crippen LogP contribution in [0.4, 0.5) is 0 Å². The average molecular weight is 330 g/mol. The molecule has 0 aliphatic carbocycles. The second-order valence-corrected chi connectivity index (χ2v) is 6.26. The molecule has 0 saturated carbocycles. The minimum atomic E-state index is -3.58. The van der Waals surface area contributed by atoms with E-state index in [1.807, 2.05) is 0 Å². The number of benzene rings is 1. The molecule has 0 radical (unpaired) electrons. The Balaban J connectivity index is 2.83. The van der Waals surface area contributed by atoms with Gasteiger partial charge in [-0.2, -0.15) is 0 Å². The van der Waals surface area contributed by atoms with Gasteiger partial charge in [0.1, 0.15) is 6.04 Å². The number of carbonyl (C=O) groups excluding carboxylic acids is 1. The molecule has 0 bridgehead atoms. The molecule has 1 aromatic rings. The molecule has 9 heteroatoms. The number of aliphatic carboxylic acids is 1. The first kappa shape index (κ1) is 18.1. The van der Waals surface area contributed by atoms with Crippen LogP contribution < -0.4 is 10.0 Å². The second-order valence-electron chi connectivity index (χ2n) is 4.38. The minimum absolute atomic E-state index is 0.0146. The van der Waals surface area contributed by atoms with E-state index in [1.54, 1.807) is 0 Å². The summed E-state index contributed by atoms with van der Waals surface area (Å²) in [6.07, 6.45) is 0.129. The van der Waals surface area contributed by atoms with Crippen LogP contribution >= 0.6 is 0 Å². The van der Waals surface area contributed by atoms with Crippen molar-refractivity contribution in [1.82, 2.24) is 10.0 Å². The summed E-state index contributed by atoms with van der Waals surface area (Å²) in [4.78, 5) is 23.0. The lowest BCUT2D eigenvalue weighted by molar-refractivity contribution is -0.139. The molecule has 1 amide bonds. The molecule has 0 fully saturated rings. The van der Waals surface area contributed by atoms with Crippen LogP contribution in [0.15, 0.2) is 29.2 Å². The van der Waals surface area contributed by atoms with Crippen LogP contribution in [0.5, 0.6) is 0 Å². The Hall–Kier alpha value is -1.97. The van der Waals surface area contributed by atoms with Crippen molar-refractivity contribution in [2.75, 3.05) is 20.8 Å². The van der Waals surface area contributed by atoms with Gasteiger partial charge in [-0.25, -0.2) is 17.9 Å². The molecule has 1 rings (SSSR count). The average Bonchev–Trinajstić information content (AvgIpc) is 2.51. The van der Waals surface area contributed by atoms with E-state index in [0.717, 1.165) is 0 Å². The van der Waals surface area contributed by atoms with E-state index in [1.165, 1.54) is 38.4 Å². The minimum Gasteiger partial charge on any atom is -0.480 e. The van der Waals surface area contributed by atoms with Crippen molar-refractivity contribution in [1.29, 1.82) is 0 Å². The SMILES string of the molecule is CNS(=O)(=O)c1ccc(C(=O)NC(CCOC)C(=O)O)cc1. The summed E-state index contributed by atoms with van der Waals surface area (Å²) in [5.41, 5.74) is 0.165. The highest BCUT2D eigenvalue weighted by Crippen LogP contribution is 2.10. The number of ether oxygens (including phenoxy) is 1. The molecular formula is C13H18N2O6S. The quantitative estimate of drug-likeness (QED) is 0.607. The van der Waals surface area contributed by atoms with E-state index in [-0.39, 0.29) is 23.5 Å². The van der Waals surface area contributed by atoms with Gasteiger partial charge in [0, 0.05) is 25.7 Å². The number of carboxylic acids is 1. The number of hydrogen-bond acceptors (Lipinski definition) is 5. The molecule has 0 aliphatic rings. The number of amides is 1. The molecule has 0 aromatic heterocycles. The van der Waals surface area contributed by atoms with Crippen LogP contribution in [0.2, 0.25) is 0 Å². The Morgan fingerprint density at radius 1 is 1.27 bits per heavy atom. The van der Waals surface area contributed by atoms with Gasteiger partial charge in [0.25, 0.3) is 5.91 Å². The summed E-state index contributed by atoms with van der Waals surface area (Å²) < 4.78 is 30.1. The van der Waals surface area contributed by atoms with Gasteiger partial charge in [-0.3, -0.25) is 4.79 Å². The Kier molecular flexibility index (Phi) is 6.47. The van der Waals surface area contributed by atoms with Gasteiger partial charge in [-0.1, -0.05) is 0 Å². The van der Waals surface area contributed by atoms with Crippen molar-refractivity contribution < 1.29 is 27.9 Å². The summed E-state index contributed by atoms with van der Waals surface area (Å²) in [5.74, 6) is -1.77. The lowest BCUT2D eigenvalue weighted by Gasteiger charge is -2.14. The molecule has 0 saturated heterocycles. The Bertz CT molecular complexity index is 626. The van der Waals surface area contributed by atoms with Crippen molar-refractivity contribution in [3.8, 4) is 0 Å². The number of carboxylic acid groups (broad SMARTS) is 1. The largest absolute Gasteiger partial charge is 0.480 e. The molecule has 3 N–H and O–H groups in total. The standard InChI is InChI=1S/C13H18N2O6S/c1-14-22(19,20)10-5-3-9(4-6-10)12(16)15-11(13(17)18)7-8-21-2/h3-6,11,14H,7-8H2,1-2H3,(H,15,16)(H,17,18). The zero-order valence-electron chi connectivity index (χ0n) is 12.2. The summed E-state index contributed by atoms with van der Waals surface area (Å²) in [6.45, 7) is 0.191. The fourth-order valence-corrected chi connectivity index (χ4v) is 2.37. The highest BCUT2D eigenvalue weighted by molar-refractivity contribution is 7.89. The highest BCUT2D eigenvalue weighted by atomic mass is 32.2. The predicted octanol–water partition coefficient (Wildman–Crippen LogP) is -0.186. The fraction of sp³-hybridized carbons (Fsp3) is 0.385. The third-order valence-electron chi connectivity index (χ3n) is 2.91. The molecule has 1 atom stereocenters. The molecule has 8 nitrogen and oxygen atoms in total. The van der Waals surface area contributed by atoms with E-state index in [9.17, 15) is 18.0 Å². The molecule has 0 aliphatic heterocycles. The lowest BCUT2D eigenvalue weighted by Crippen LogP contribution is -2.41. The normalized spacial score (nSPS) is 12.6. The summed E-state index contributed by atoms with van der Waals surface area (Å²) >= 11 is 0. The first-order valence-electron chi connectivity index (χ1n) is 6.38. The molecule has 1 aromatic carbocycles. The van der Waals surface area contributed by atoms with Gasteiger partial charge < -0.3 is 15.2 Å². The van der Waals surface area contributed by atoms with E-state index in [0.29, 0.717) is 0 Å². The molecule has 122 valence electrons. The van der Waals surface area contributed by atoms with Crippen molar-refractivity contribution in [3.63, 3.8) is 0 Å². The monoisotopic (exact) mass is 330 g/mol. The van der Waals surface area contributed by atoms with Crippen LogP contribution in [0.3, 0.4) is 0 Å². The van der Waals surface area contributed by atoms with Crippen molar-refractivity contribution >= 4 is 21.9 Å². The Morgan fingerprint density at radius 3 is 2.32 bits per heavy atom. The van der Waals surface area contributed by atoms with Gasteiger partial charge in [0.2, 0.25) is 10.0 Å². The fourth-order valence-electron chi connectivity index (χ4n) is 1.64. The van der Waals surface area contributed by atoms with Crippen LogP contribution in [0, 0.1) is 0 Å². The first-order chi connectivity index (χ1) is 10.3. The maximum absolute atomic E-state index is 12.0. The third kappa shape index (κ3) is 4.79. The van der Waals surface area contributed by atoms with E-state index < -0.39 is 27.9 Å². The maximum atomic E-state index is 12.0. The van der Waals surface area contributed by atoms with E-state index >= 15 is 0 Å². The van der Waals surface area contributed by atoms with Crippen molar-refractivity contribution in [2.24, 2.45) is 0 Å². The van der Waals surface area contributed by atoms with Gasteiger partial charge in [-0.05, 0) is 31.3 Å². The number of hydrogen-bond donors (Lipinski definition) is 3. The Labute approximate surface area is 128 Å². The lowest BCUT2D eigenvalue weighted by atomic mass is 10.1. The number of carbonyl (C=O) groups is 2. The summed E-state index contributed by atoms with van der Waals surface area (Å²) in [7, 11) is -0.868. The first-order valence-corrected chi connectivity index (χ1v) is 7.86. The highest BCUT2D eigenvalue weighted by Gasteiger charge is 2.20. The number of rotatable bonds is 8. The maximum Gasteiger partial charge on any atom is 0.326 e. The van der Waals surface area contributed by atoms with E-state index in [2.05, 4.69) is 10.0 Å². The van der Waals surface area contributed by atoms with Gasteiger partial charge in [0.15, 0.2) is 0 Å². The predicted molar refractivity (Wildman–Crippen MR) is 78.1 cm³/mol. The summed E-state index contributed by atoms with van der Waals surface area (Å²) in [6, 6.07) is 4.09. The zero-order valence-corrected chi connectivity index (χ0v) is 13.0. The molecule has 0 heterocycles. The van der Waals surface area contributed by atoms with Crippen LogP contribution in [-0.2, 0) is 19.6 Å². The second kappa shape index (κ2) is 7.87. The van der Waals surface area contributed by atoms with Gasteiger partial charge >= 0.3 is 5.97 Å². The molecule has 22 heavy (non-hydrogen) atoms. The van der Waals surface area contributed by atoms with Crippen LogP contribution in [-0.4, -0.2) is 52.2 Å². The van der Waals surface area contributed by atoms with Crippen molar-refractivity contribution in [2.45, 2.75) is 17.4 Å². The van der Waals surface area contributed by atoms with Gasteiger partial charge in [-0.15, -0.1) is 0 Å². The molecule has 0 spiro atoms. The van der Waals surface area contributed by atoms with Crippen LogP contribution in [0.25, 0.3) is 0 Å².